The van der Waals surface area contributed by atoms with Crippen molar-refractivity contribution in [3.8, 4) is 5.75 Å². The van der Waals surface area contributed by atoms with Crippen molar-refractivity contribution >= 4 is 11.6 Å². The van der Waals surface area contributed by atoms with E-state index in [4.69, 9.17) is 15.2 Å². The predicted molar refractivity (Wildman–Crippen MR) is 87.3 cm³/mol. The van der Waals surface area contributed by atoms with Crippen molar-refractivity contribution in [3.63, 3.8) is 0 Å². The molecule has 0 aliphatic heterocycles. The van der Waals surface area contributed by atoms with Crippen LogP contribution in [-0.4, -0.2) is 37.4 Å². The first-order chi connectivity index (χ1) is 10.8. The Labute approximate surface area is 136 Å². The molecule has 0 heterocycles. The van der Waals surface area contributed by atoms with Crippen LogP contribution in [0.4, 0.5) is 10.1 Å². The quantitative estimate of drug-likeness (QED) is 0.808. The molecule has 1 aromatic carbocycles. The second kappa shape index (κ2) is 6.84. The van der Waals surface area contributed by atoms with Crippen molar-refractivity contribution < 1.29 is 18.7 Å². The number of halogens is 1. The van der Waals surface area contributed by atoms with Gasteiger partial charge in [-0.15, -0.1) is 0 Å². The lowest BCUT2D eigenvalue weighted by molar-refractivity contribution is -0.166. The van der Waals surface area contributed by atoms with E-state index in [1.807, 2.05) is 20.8 Å². The third-order valence-corrected chi connectivity index (χ3v) is 4.67. The van der Waals surface area contributed by atoms with Gasteiger partial charge in [0.2, 0.25) is 5.91 Å². The van der Waals surface area contributed by atoms with Gasteiger partial charge >= 0.3 is 0 Å². The Morgan fingerprint density at radius 1 is 1.48 bits per heavy atom. The van der Waals surface area contributed by atoms with Crippen LogP contribution in [0.5, 0.6) is 5.75 Å². The summed E-state index contributed by atoms with van der Waals surface area (Å²) < 4.78 is 23.0. The summed E-state index contributed by atoms with van der Waals surface area (Å²) in [6.45, 7) is 5.83. The Morgan fingerprint density at radius 2 is 2.22 bits per heavy atom. The van der Waals surface area contributed by atoms with Crippen LogP contribution in [0.1, 0.15) is 27.2 Å². The van der Waals surface area contributed by atoms with E-state index in [-0.39, 0.29) is 18.6 Å². The molecule has 2 atom stereocenters. The summed E-state index contributed by atoms with van der Waals surface area (Å²) in [4.78, 5) is 12.6. The van der Waals surface area contributed by atoms with Crippen LogP contribution in [-0.2, 0) is 9.53 Å². The van der Waals surface area contributed by atoms with Crippen LogP contribution in [0, 0.1) is 5.41 Å². The van der Waals surface area contributed by atoms with E-state index in [0.717, 1.165) is 0 Å². The average Bonchev–Trinajstić information content (AvgIpc) is 2.52. The molecule has 2 rings (SSSR count). The van der Waals surface area contributed by atoms with Crippen LogP contribution in [0.15, 0.2) is 24.3 Å². The number of rotatable bonds is 7. The number of benzene rings is 1. The number of alkyl halides is 1. The fourth-order valence-electron chi connectivity index (χ4n) is 2.88. The van der Waals surface area contributed by atoms with Gasteiger partial charge in [0, 0.05) is 30.2 Å². The Kier molecular flexibility index (Phi) is 5.26. The molecule has 128 valence electrons. The number of carbonyl (C=O) groups is 1. The highest BCUT2D eigenvalue weighted by molar-refractivity contribution is 5.99. The van der Waals surface area contributed by atoms with Gasteiger partial charge in [0.25, 0.3) is 0 Å². The molecule has 1 saturated carbocycles. The minimum absolute atomic E-state index is 0.0126. The smallest absolute Gasteiger partial charge is 0.245 e. The van der Waals surface area contributed by atoms with Crippen LogP contribution in [0.3, 0.4) is 0 Å². The zero-order chi connectivity index (χ0) is 17.1. The summed E-state index contributed by atoms with van der Waals surface area (Å²) in [5.74, 6) is 0.257. The Morgan fingerprint density at radius 3 is 2.83 bits per heavy atom. The van der Waals surface area contributed by atoms with E-state index in [1.54, 1.807) is 24.3 Å². The molecule has 6 heteroatoms. The van der Waals surface area contributed by atoms with Gasteiger partial charge in [-0.25, -0.2) is 4.39 Å². The molecule has 0 bridgehead atoms. The lowest BCUT2D eigenvalue weighted by Gasteiger charge is -2.57. The zero-order valence-electron chi connectivity index (χ0n) is 13.9. The molecule has 3 N–H and O–H groups in total. The first kappa shape index (κ1) is 17.7. The summed E-state index contributed by atoms with van der Waals surface area (Å²) in [5, 5.41) is 2.83. The fraction of sp³-hybridized carbons (Fsp3) is 0.588. The fourth-order valence-corrected chi connectivity index (χ4v) is 2.88. The summed E-state index contributed by atoms with van der Waals surface area (Å²) in [6.07, 6.45) is 0.458. The largest absolute Gasteiger partial charge is 0.491 e. The molecule has 1 aliphatic rings. The molecular formula is C17H25FN2O3. The minimum atomic E-state index is -0.983. The average molecular weight is 324 g/mol. The molecule has 0 spiro atoms. The van der Waals surface area contributed by atoms with Crippen LogP contribution in [0.25, 0.3) is 0 Å². The summed E-state index contributed by atoms with van der Waals surface area (Å²) in [5.41, 5.74) is 5.48. The number of hydrogen-bond acceptors (Lipinski definition) is 4. The Balaban J connectivity index is 2.05. The second-order valence-electron chi connectivity index (χ2n) is 6.36. The normalized spacial score (nSPS) is 25.5. The summed E-state index contributed by atoms with van der Waals surface area (Å²) in [7, 11) is 0. The maximum Gasteiger partial charge on any atom is 0.245 e. The monoisotopic (exact) mass is 324 g/mol. The van der Waals surface area contributed by atoms with E-state index in [1.165, 1.54) is 0 Å². The number of ether oxygens (including phenoxy) is 2. The van der Waals surface area contributed by atoms with Crippen molar-refractivity contribution in [2.45, 2.75) is 38.8 Å². The summed E-state index contributed by atoms with van der Waals surface area (Å²) in [6, 6.07) is 6.85. The molecule has 0 saturated heterocycles. The number of hydrogen-bond donors (Lipinski definition) is 2. The standard InChI is InChI=1S/C17H25FN2O3/c1-4-22-14-11-17(19,16(14,2)3)15(21)20-12-6-5-7-13(10-12)23-9-8-18/h5-7,10,14H,4,8-9,11,19H2,1-3H3,(H,20,21). The summed E-state index contributed by atoms with van der Waals surface area (Å²) >= 11 is 0. The van der Waals surface area contributed by atoms with Gasteiger partial charge in [0.05, 0.1) is 6.10 Å². The van der Waals surface area contributed by atoms with E-state index in [2.05, 4.69) is 5.32 Å². The highest BCUT2D eigenvalue weighted by Crippen LogP contribution is 2.50. The van der Waals surface area contributed by atoms with Gasteiger partial charge in [0.15, 0.2) is 0 Å². The maximum absolute atomic E-state index is 12.6. The molecule has 0 aromatic heterocycles. The molecule has 1 aromatic rings. The van der Waals surface area contributed by atoms with E-state index < -0.39 is 17.6 Å². The molecule has 1 aliphatic carbocycles. The van der Waals surface area contributed by atoms with Crippen LogP contribution < -0.4 is 15.8 Å². The highest BCUT2D eigenvalue weighted by atomic mass is 19.1. The van der Waals surface area contributed by atoms with Gasteiger partial charge in [-0.05, 0) is 19.1 Å². The van der Waals surface area contributed by atoms with Gasteiger partial charge in [-0.3, -0.25) is 4.79 Å². The van der Waals surface area contributed by atoms with Gasteiger partial charge in [-0.2, -0.15) is 0 Å². The van der Waals surface area contributed by atoms with Gasteiger partial charge in [0.1, 0.15) is 24.6 Å². The highest BCUT2D eigenvalue weighted by Gasteiger charge is 2.62. The van der Waals surface area contributed by atoms with Crippen LogP contribution >= 0.6 is 0 Å². The molecule has 1 fully saturated rings. The maximum atomic E-state index is 12.6. The predicted octanol–water partition coefficient (Wildman–Crippen LogP) is 2.51. The number of amides is 1. The minimum Gasteiger partial charge on any atom is -0.491 e. The van der Waals surface area contributed by atoms with E-state index in [9.17, 15) is 9.18 Å². The Bertz CT molecular complexity index is 565. The van der Waals surface area contributed by atoms with Crippen molar-refractivity contribution in [2.75, 3.05) is 25.2 Å². The lowest BCUT2D eigenvalue weighted by atomic mass is 9.54. The van der Waals surface area contributed by atoms with E-state index in [0.29, 0.717) is 24.5 Å². The number of nitrogens with one attached hydrogen (secondary N) is 1. The van der Waals surface area contributed by atoms with Crippen molar-refractivity contribution in [3.05, 3.63) is 24.3 Å². The second-order valence-corrected chi connectivity index (χ2v) is 6.36. The lowest BCUT2D eigenvalue weighted by Crippen LogP contribution is -2.74. The molecule has 1 amide bonds. The number of carbonyl (C=O) groups excluding carboxylic acids is 1. The first-order valence-corrected chi connectivity index (χ1v) is 7.86. The number of nitrogens with two attached hydrogens (primary N) is 1. The van der Waals surface area contributed by atoms with Crippen molar-refractivity contribution in [1.29, 1.82) is 0 Å². The third-order valence-electron chi connectivity index (χ3n) is 4.67. The van der Waals surface area contributed by atoms with Crippen molar-refractivity contribution in [2.24, 2.45) is 11.1 Å². The van der Waals surface area contributed by atoms with Crippen LogP contribution in [0.2, 0.25) is 0 Å². The SMILES string of the molecule is CCOC1CC(N)(C(=O)Nc2cccc(OCCF)c2)C1(C)C. The van der Waals surface area contributed by atoms with E-state index >= 15 is 0 Å². The topological polar surface area (TPSA) is 73.6 Å². The molecule has 0 radical (unpaired) electrons. The van der Waals surface area contributed by atoms with Gasteiger partial charge < -0.3 is 20.5 Å². The Hall–Kier alpha value is -1.66. The molecule has 5 nitrogen and oxygen atoms in total. The van der Waals surface area contributed by atoms with Gasteiger partial charge in [-0.1, -0.05) is 19.9 Å². The third kappa shape index (κ3) is 3.33. The zero-order valence-corrected chi connectivity index (χ0v) is 13.9. The van der Waals surface area contributed by atoms with Crippen molar-refractivity contribution in [1.82, 2.24) is 0 Å². The molecule has 2 unspecified atom stereocenters. The molecule has 23 heavy (non-hydrogen) atoms. The first-order valence-electron chi connectivity index (χ1n) is 7.86. The number of anilines is 1. The molecular weight excluding hydrogens is 299 g/mol.